The number of morpholine rings is 1. The fourth-order valence-electron chi connectivity index (χ4n) is 4.21. The van der Waals surface area contributed by atoms with Crippen molar-refractivity contribution in [3.05, 3.63) is 82.4 Å². The highest BCUT2D eigenvalue weighted by Gasteiger charge is 2.53. The quantitative estimate of drug-likeness (QED) is 0.514. The molecule has 2 aromatic carbocycles. The maximum absolute atomic E-state index is 13.5. The van der Waals surface area contributed by atoms with Gasteiger partial charge in [-0.2, -0.15) is 0 Å². The molecule has 0 N–H and O–H groups in total. The lowest BCUT2D eigenvalue weighted by molar-refractivity contribution is -0.192. The normalized spacial score (nSPS) is 27.1. The molecule has 5 heteroatoms. The number of hydrogen-bond acceptors (Lipinski definition) is 2. The smallest absolute Gasteiger partial charge is 0.252 e. The first-order chi connectivity index (χ1) is 13.9. The maximum Gasteiger partial charge on any atom is 0.252 e. The Bertz CT molecular complexity index is 909. The van der Waals surface area contributed by atoms with Gasteiger partial charge in [0.25, 0.3) is 5.91 Å². The zero-order chi connectivity index (χ0) is 20.6. The first-order valence-corrected chi connectivity index (χ1v) is 10.8. The van der Waals surface area contributed by atoms with Gasteiger partial charge in [-0.15, -0.1) is 6.58 Å². The molecule has 3 unspecified atom stereocenters. The summed E-state index contributed by atoms with van der Waals surface area (Å²) in [6, 6.07) is 15.4. The van der Waals surface area contributed by atoms with E-state index in [9.17, 15) is 4.79 Å². The molecule has 2 fully saturated rings. The molecule has 0 radical (unpaired) electrons. The number of amides is 1. The zero-order valence-corrected chi connectivity index (χ0v) is 18.0. The van der Waals surface area contributed by atoms with Gasteiger partial charge in [-0.1, -0.05) is 53.5 Å². The summed E-state index contributed by atoms with van der Waals surface area (Å²) in [5, 5.41) is 1.31. The molecule has 0 spiro atoms. The highest BCUT2D eigenvalue weighted by molar-refractivity contribution is 6.30. The van der Waals surface area contributed by atoms with E-state index >= 15 is 0 Å². The van der Waals surface area contributed by atoms with Gasteiger partial charge in [-0.3, -0.25) is 4.79 Å². The predicted octanol–water partition coefficient (Wildman–Crippen LogP) is 6.16. The number of ether oxygens (including phenoxy) is 1. The summed E-state index contributed by atoms with van der Waals surface area (Å²) in [6.07, 6.45) is 3.65. The molecule has 3 nitrogen and oxygen atoms in total. The molecule has 152 valence electrons. The molecule has 1 heterocycles. The van der Waals surface area contributed by atoms with Crippen molar-refractivity contribution in [2.45, 2.75) is 43.9 Å². The Morgan fingerprint density at radius 3 is 2.52 bits per heavy atom. The van der Waals surface area contributed by atoms with E-state index in [1.807, 2.05) is 53.4 Å². The van der Waals surface area contributed by atoms with Crippen molar-refractivity contribution in [3.63, 3.8) is 0 Å². The number of nitrogens with zero attached hydrogens (tertiary/aromatic N) is 1. The summed E-state index contributed by atoms with van der Waals surface area (Å²) in [5.74, 6) is 0.570. The first-order valence-electron chi connectivity index (χ1n) is 10.0. The van der Waals surface area contributed by atoms with Crippen molar-refractivity contribution < 1.29 is 9.53 Å². The monoisotopic (exact) mass is 429 g/mol. The molecule has 1 saturated carbocycles. The molecule has 4 rings (SSSR count). The van der Waals surface area contributed by atoms with Crippen LogP contribution in [0, 0.1) is 5.92 Å². The lowest BCUT2D eigenvalue weighted by atomic mass is 9.78. The third-order valence-electron chi connectivity index (χ3n) is 6.01. The van der Waals surface area contributed by atoms with E-state index in [4.69, 9.17) is 27.9 Å². The maximum atomic E-state index is 13.5. The van der Waals surface area contributed by atoms with Crippen LogP contribution in [-0.4, -0.2) is 23.5 Å². The van der Waals surface area contributed by atoms with Crippen LogP contribution in [0.2, 0.25) is 10.0 Å². The molecule has 1 aliphatic heterocycles. The number of rotatable bonds is 6. The van der Waals surface area contributed by atoms with Crippen molar-refractivity contribution in [1.82, 2.24) is 4.90 Å². The Hall–Kier alpha value is -1.81. The Labute approximate surface area is 182 Å². The van der Waals surface area contributed by atoms with Gasteiger partial charge in [-0.05, 0) is 61.1 Å². The summed E-state index contributed by atoms with van der Waals surface area (Å²) in [6.45, 7) is 6.63. The minimum absolute atomic E-state index is 0.0209. The number of benzene rings is 2. The topological polar surface area (TPSA) is 29.5 Å². The summed E-state index contributed by atoms with van der Waals surface area (Å²) in [5.41, 5.74) is 1.28. The van der Waals surface area contributed by atoms with E-state index in [1.165, 1.54) is 0 Å². The highest BCUT2D eigenvalue weighted by atomic mass is 35.5. The third-order valence-corrected chi connectivity index (χ3v) is 6.50. The van der Waals surface area contributed by atoms with Crippen LogP contribution in [0.25, 0.3) is 0 Å². The van der Waals surface area contributed by atoms with Crippen molar-refractivity contribution in [2.75, 3.05) is 6.54 Å². The van der Waals surface area contributed by atoms with Crippen molar-refractivity contribution in [2.24, 2.45) is 5.92 Å². The zero-order valence-electron chi connectivity index (χ0n) is 16.5. The molecular weight excluding hydrogens is 405 g/mol. The summed E-state index contributed by atoms with van der Waals surface area (Å²) < 4.78 is 6.46. The van der Waals surface area contributed by atoms with Gasteiger partial charge in [0.2, 0.25) is 0 Å². The second kappa shape index (κ2) is 8.14. The summed E-state index contributed by atoms with van der Waals surface area (Å²) in [4.78, 5) is 15.5. The lowest BCUT2D eigenvalue weighted by Gasteiger charge is -2.52. The van der Waals surface area contributed by atoms with Gasteiger partial charge in [0.1, 0.15) is 12.2 Å². The molecule has 3 atom stereocenters. The van der Waals surface area contributed by atoms with Crippen molar-refractivity contribution in [1.29, 1.82) is 0 Å². The largest absolute Gasteiger partial charge is 0.357 e. The molecule has 1 saturated heterocycles. The number of carbonyl (C=O) groups excluding carboxylic acids is 1. The van der Waals surface area contributed by atoms with Gasteiger partial charge >= 0.3 is 0 Å². The van der Waals surface area contributed by atoms with Crippen LogP contribution >= 0.6 is 23.2 Å². The van der Waals surface area contributed by atoms with E-state index in [2.05, 4.69) is 13.5 Å². The van der Waals surface area contributed by atoms with Gasteiger partial charge < -0.3 is 9.64 Å². The standard InChI is InChI=1S/C24H25Cl2NO2/c1-3-5-21-23(28)27(15-16-8-9-16)24(2,18-10-12-19(25)13-11-18)22(29-21)17-6-4-7-20(26)14-17/h3-4,6-7,10-14,16,21-22H,1,5,8-9,15H2,2H3. The van der Waals surface area contributed by atoms with Crippen LogP contribution in [-0.2, 0) is 15.1 Å². The fraction of sp³-hybridized carbons (Fsp3) is 0.375. The van der Waals surface area contributed by atoms with E-state index in [1.54, 1.807) is 6.08 Å². The highest BCUT2D eigenvalue weighted by Crippen LogP contribution is 2.49. The third kappa shape index (κ3) is 3.96. The van der Waals surface area contributed by atoms with Gasteiger partial charge in [-0.25, -0.2) is 0 Å². The van der Waals surface area contributed by atoms with Crippen LogP contribution in [0.5, 0.6) is 0 Å². The Balaban J connectivity index is 1.86. The van der Waals surface area contributed by atoms with Gasteiger partial charge in [0.05, 0.1) is 5.54 Å². The molecule has 0 aromatic heterocycles. The number of hydrogen-bond donors (Lipinski definition) is 0. The molecule has 2 aliphatic rings. The molecule has 1 aliphatic carbocycles. The van der Waals surface area contributed by atoms with Crippen LogP contribution < -0.4 is 0 Å². The Morgan fingerprint density at radius 2 is 1.90 bits per heavy atom. The average molecular weight is 430 g/mol. The van der Waals surface area contributed by atoms with E-state index < -0.39 is 11.6 Å². The lowest BCUT2D eigenvalue weighted by Crippen LogP contribution is -2.60. The number of carbonyl (C=O) groups is 1. The SMILES string of the molecule is C=CCC1OC(c2cccc(Cl)c2)C(C)(c2ccc(Cl)cc2)N(CC2CC2)C1=O. The van der Waals surface area contributed by atoms with Crippen molar-refractivity contribution in [3.8, 4) is 0 Å². The minimum Gasteiger partial charge on any atom is -0.357 e. The summed E-state index contributed by atoms with van der Waals surface area (Å²) in [7, 11) is 0. The van der Waals surface area contributed by atoms with Crippen LogP contribution in [0.3, 0.4) is 0 Å². The second-order valence-corrected chi connectivity index (χ2v) is 9.00. The molecule has 1 amide bonds. The van der Waals surface area contributed by atoms with Gasteiger partial charge in [0.15, 0.2) is 0 Å². The van der Waals surface area contributed by atoms with E-state index in [0.29, 0.717) is 22.4 Å². The van der Waals surface area contributed by atoms with Crippen LogP contribution in [0.1, 0.15) is 43.4 Å². The molecule has 0 bridgehead atoms. The van der Waals surface area contributed by atoms with Crippen LogP contribution in [0.15, 0.2) is 61.2 Å². The predicted molar refractivity (Wildman–Crippen MR) is 117 cm³/mol. The van der Waals surface area contributed by atoms with Crippen molar-refractivity contribution >= 4 is 29.1 Å². The van der Waals surface area contributed by atoms with Gasteiger partial charge in [0, 0.05) is 23.0 Å². The summed E-state index contributed by atoms with van der Waals surface area (Å²) >= 11 is 12.5. The molecular formula is C24H25Cl2NO2. The van der Waals surface area contributed by atoms with Crippen LogP contribution in [0.4, 0.5) is 0 Å². The van der Waals surface area contributed by atoms with E-state index in [0.717, 1.165) is 30.5 Å². The molecule has 29 heavy (non-hydrogen) atoms. The second-order valence-electron chi connectivity index (χ2n) is 8.13. The minimum atomic E-state index is -0.674. The average Bonchev–Trinajstić information content (AvgIpc) is 3.52. The Kier molecular flexibility index (Phi) is 5.74. The van der Waals surface area contributed by atoms with E-state index in [-0.39, 0.29) is 12.0 Å². The number of halogens is 2. The molecule has 2 aromatic rings. The Morgan fingerprint density at radius 1 is 1.17 bits per heavy atom. The fourth-order valence-corrected chi connectivity index (χ4v) is 4.54. The first kappa shape index (κ1) is 20.5.